The molecule has 0 spiro atoms. The zero-order chi connectivity index (χ0) is 18.7. The molecule has 2 aliphatic heterocycles. The molecule has 0 aliphatic carbocycles. The maximum absolute atomic E-state index is 12.6. The van der Waals surface area contributed by atoms with Crippen LogP contribution >= 0.6 is 0 Å². The topological polar surface area (TPSA) is 52.7 Å². The van der Waals surface area contributed by atoms with Gasteiger partial charge in [-0.15, -0.1) is 0 Å². The molecule has 2 saturated heterocycles. The third kappa shape index (κ3) is 4.44. The number of Topliss-reactive ketones (excluding diaryl/α,β-unsaturated/α-hetero) is 1. The normalized spacial score (nSPS) is 23.0. The summed E-state index contributed by atoms with van der Waals surface area (Å²) >= 11 is 0. The summed E-state index contributed by atoms with van der Waals surface area (Å²) in [6.45, 7) is 7.64. The Morgan fingerprint density at radius 3 is 2.27 bits per heavy atom. The van der Waals surface area contributed by atoms with E-state index >= 15 is 0 Å². The number of nitrogens with one attached hydrogen (secondary N) is 1. The number of amides is 1. The first kappa shape index (κ1) is 18.9. The molecule has 0 saturated carbocycles. The summed E-state index contributed by atoms with van der Waals surface area (Å²) in [5.74, 6) is 0.836. The van der Waals surface area contributed by atoms with Crippen LogP contribution < -0.4 is 10.2 Å². The fourth-order valence-electron chi connectivity index (χ4n) is 4.16. The SMILES string of the molecule is CC(=O)c1ccc(N2CCC(C(C)C(=O)NC3CCN(C)C3)CC2)cc1. The van der Waals surface area contributed by atoms with Crippen LogP contribution in [-0.4, -0.2) is 55.9 Å². The van der Waals surface area contributed by atoms with Crippen LogP contribution in [0.4, 0.5) is 5.69 Å². The highest BCUT2D eigenvalue weighted by Crippen LogP contribution is 2.28. The van der Waals surface area contributed by atoms with Crippen LogP contribution in [-0.2, 0) is 4.79 Å². The van der Waals surface area contributed by atoms with Crippen LogP contribution in [0.1, 0.15) is 43.5 Å². The molecule has 2 aliphatic rings. The summed E-state index contributed by atoms with van der Waals surface area (Å²) in [4.78, 5) is 28.6. The van der Waals surface area contributed by atoms with Crippen molar-refractivity contribution in [1.29, 1.82) is 0 Å². The molecule has 1 N–H and O–H groups in total. The molecule has 1 aromatic carbocycles. The van der Waals surface area contributed by atoms with E-state index in [1.807, 2.05) is 24.3 Å². The number of carbonyl (C=O) groups excluding carboxylic acids is 2. The summed E-state index contributed by atoms with van der Waals surface area (Å²) in [7, 11) is 2.11. The van der Waals surface area contributed by atoms with Crippen LogP contribution in [0, 0.1) is 11.8 Å². The van der Waals surface area contributed by atoms with Gasteiger partial charge in [-0.2, -0.15) is 0 Å². The van der Waals surface area contributed by atoms with E-state index in [4.69, 9.17) is 0 Å². The molecular weight excluding hydrogens is 326 g/mol. The first-order chi connectivity index (χ1) is 12.4. The van der Waals surface area contributed by atoms with E-state index in [0.29, 0.717) is 12.0 Å². The molecule has 26 heavy (non-hydrogen) atoms. The Bertz CT molecular complexity index is 635. The van der Waals surface area contributed by atoms with Gasteiger partial charge in [0.2, 0.25) is 5.91 Å². The number of hydrogen-bond acceptors (Lipinski definition) is 4. The molecule has 3 rings (SSSR count). The lowest BCUT2D eigenvalue weighted by molar-refractivity contribution is -0.127. The van der Waals surface area contributed by atoms with Gasteiger partial charge < -0.3 is 15.1 Å². The van der Waals surface area contributed by atoms with E-state index in [-0.39, 0.29) is 17.6 Å². The largest absolute Gasteiger partial charge is 0.372 e. The highest BCUT2D eigenvalue weighted by Gasteiger charge is 2.30. The molecule has 1 amide bonds. The first-order valence-corrected chi connectivity index (χ1v) is 9.79. The standard InChI is InChI=1S/C21H31N3O2/c1-15(21(26)22-19-10-11-23(3)14-19)17-8-12-24(13-9-17)20-6-4-18(5-7-20)16(2)25/h4-7,15,17,19H,8-14H2,1-3H3,(H,22,26). The fraction of sp³-hybridized carbons (Fsp3) is 0.619. The molecule has 1 aromatic rings. The lowest BCUT2D eigenvalue weighted by Crippen LogP contribution is -2.44. The van der Waals surface area contributed by atoms with E-state index < -0.39 is 0 Å². The zero-order valence-electron chi connectivity index (χ0n) is 16.2. The number of hydrogen-bond donors (Lipinski definition) is 1. The predicted octanol–water partition coefficient (Wildman–Crippen LogP) is 2.56. The van der Waals surface area contributed by atoms with E-state index in [2.05, 4.69) is 29.1 Å². The second-order valence-corrected chi connectivity index (χ2v) is 7.97. The van der Waals surface area contributed by atoms with Gasteiger partial charge in [-0.25, -0.2) is 0 Å². The Balaban J connectivity index is 1.49. The van der Waals surface area contributed by atoms with Gasteiger partial charge in [-0.05, 0) is 70.0 Å². The molecule has 0 radical (unpaired) electrons. The Morgan fingerprint density at radius 2 is 1.73 bits per heavy atom. The maximum atomic E-state index is 12.6. The van der Waals surface area contributed by atoms with Crippen LogP contribution in [0.15, 0.2) is 24.3 Å². The highest BCUT2D eigenvalue weighted by atomic mass is 16.2. The van der Waals surface area contributed by atoms with Crippen molar-refractivity contribution in [2.75, 3.05) is 38.1 Å². The Kier molecular flexibility index (Phi) is 5.97. The average molecular weight is 357 g/mol. The van der Waals surface area contributed by atoms with Crippen LogP contribution in [0.2, 0.25) is 0 Å². The molecule has 2 heterocycles. The van der Waals surface area contributed by atoms with Crippen molar-refractivity contribution in [2.24, 2.45) is 11.8 Å². The summed E-state index contributed by atoms with van der Waals surface area (Å²) in [6.07, 6.45) is 3.13. The molecule has 2 fully saturated rings. The lowest BCUT2D eigenvalue weighted by Gasteiger charge is -2.36. The average Bonchev–Trinajstić information content (AvgIpc) is 3.06. The van der Waals surface area contributed by atoms with Crippen molar-refractivity contribution in [3.63, 3.8) is 0 Å². The molecule has 2 unspecified atom stereocenters. The summed E-state index contributed by atoms with van der Waals surface area (Å²) < 4.78 is 0. The molecule has 5 heteroatoms. The number of nitrogens with zero attached hydrogens (tertiary/aromatic N) is 2. The summed E-state index contributed by atoms with van der Waals surface area (Å²) in [6, 6.07) is 8.18. The molecule has 0 bridgehead atoms. The summed E-state index contributed by atoms with van der Waals surface area (Å²) in [5, 5.41) is 3.24. The second kappa shape index (κ2) is 8.21. The predicted molar refractivity (Wildman–Crippen MR) is 105 cm³/mol. The van der Waals surface area contributed by atoms with Gasteiger partial charge >= 0.3 is 0 Å². The second-order valence-electron chi connectivity index (χ2n) is 7.97. The smallest absolute Gasteiger partial charge is 0.223 e. The van der Waals surface area contributed by atoms with Crippen molar-refractivity contribution in [1.82, 2.24) is 10.2 Å². The molecule has 5 nitrogen and oxygen atoms in total. The quantitative estimate of drug-likeness (QED) is 0.823. The molecule has 142 valence electrons. The van der Waals surface area contributed by atoms with Crippen LogP contribution in [0.25, 0.3) is 0 Å². The Morgan fingerprint density at radius 1 is 1.08 bits per heavy atom. The minimum Gasteiger partial charge on any atom is -0.372 e. The minimum absolute atomic E-state index is 0.0724. The van der Waals surface area contributed by atoms with E-state index in [1.54, 1.807) is 6.92 Å². The van der Waals surface area contributed by atoms with Gasteiger partial charge in [0.15, 0.2) is 5.78 Å². The van der Waals surface area contributed by atoms with E-state index in [0.717, 1.165) is 51.0 Å². The molecular formula is C21H31N3O2. The van der Waals surface area contributed by atoms with Gasteiger partial charge in [0.1, 0.15) is 0 Å². The molecule has 0 aromatic heterocycles. The van der Waals surface area contributed by atoms with Crippen molar-refractivity contribution in [3.05, 3.63) is 29.8 Å². The number of likely N-dealkylation sites (N-methyl/N-ethyl adjacent to an activating group) is 1. The van der Waals surface area contributed by atoms with Gasteiger partial charge in [0.25, 0.3) is 0 Å². The van der Waals surface area contributed by atoms with Gasteiger partial charge in [-0.3, -0.25) is 9.59 Å². The van der Waals surface area contributed by atoms with Crippen molar-refractivity contribution in [2.45, 2.75) is 39.2 Å². The van der Waals surface area contributed by atoms with Crippen molar-refractivity contribution in [3.8, 4) is 0 Å². The van der Waals surface area contributed by atoms with Crippen molar-refractivity contribution < 1.29 is 9.59 Å². The summed E-state index contributed by atoms with van der Waals surface area (Å²) in [5.41, 5.74) is 1.92. The fourth-order valence-corrected chi connectivity index (χ4v) is 4.16. The number of carbonyl (C=O) groups is 2. The number of likely N-dealkylation sites (tertiary alicyclic amines) is 1. The Hall–Kier alpha value is -1.88. The number of rotatable bonds is 5. The Labute approximate surface area is 156 Å². The third-order valence-electron chi connectivity index (χ3n) is 6.04. The minimum atomic E-state index is 0.0724. The number of piperidine rings is 1. The highest BCUT2D eigenvalue weighted by molar-refractivity contribution is 5.94. The number of anilines is 1. The van der Waals surface area contributed by atoms with E-state index in [1.165, 1.54) is 5.69 Å². The van der Waals surface area contributed by atoms with Crippen LogP contribution in [0.3, 0.4) is 0 Å². The molecule has 2 atom stereocenters. The first-order valence-electron chi connectivity index (χ1n) is 9.79. The zero-order valence-corrected chi connectivity index (χ0v) is 16.2. The van der Waals surface area contributed by atoms with Crippen molar-refractivity contribution >= 4 is 17.4 Å². The number of benzene rings is 1. The van der Waals surface area contributed by atoms with Gasteiger partial charge in [0.05, 0.1) is 0 Å². The number of ketones is 1. The lowest BCUT2D eigenvalue weighted by atomic mass is 9.84. The van der Waals surface area contributed by atoms with E-state index in [9.17, 15) is 9.59 Å². The third-order valence-corrected chi connectivity index (χ3v) is 6.04. The van der Waals surface area contributed by atoms with Crippen LogP contribution in [0.5, 0.6) is 0 Å². The van der Waals surface area contributed by atoms with Gasteiger partial charge in [-0.1, -0.05) is 6.92 Å². The monoisotopic (exact) mass is 357 g/mol. The van der Waals surface area contributed by atoms with Gasteiger partial charge in [0, 0.05) is 42.8 Å². The maximum Gasteiger partial charge on any atom is 0.223 e.